The van der Waals surface area contributed by atoms with E-state index in [9.17, 15) is 9.59 Å². The number of amides is 2. The molecular weight excluding hydrogens is 242 g/mol. The van der Waals surface area contributed by atoms with E-state index >= 15 is 0 Å². The maximum Gasteiger partial charge on any atom is 0.328 e. The molecule has 0 saturated carbocycles. The molecule has 1 rings (SSSR count). The highest BCUT2D eigenvalue weighted by Crippen LogP contribution is 1.86. The van der Waals surface area contributed by atoms with Gasteiger partial charge < -0.3 is 20.8 Å². The van der Waals surface area contributed by atoms with Gasteiger partial charge in [0.05, 0.1) is 12.8 Å². The average molecular weight is 257 g/mol. The van der Waals surface area contributed by atoms with Gasteiger partial charge in [-0.3, -0.25) is 4.68 Å². The lowest BCUT2D eigenvalue weighted by Crippen LogP contribution is -2.48. The van der Waals surface area contributed by atoms with Crippen LogP contribution in [0, 0.1) is 0 Å². The van der Waals surface area contributed by atoms with Crippen LogP contribution in [0.1, 0.15) is 6.42 Å². The van der Waals surface area contributed by atoms with Crippen molar-refractivity contribution in [3.8, 4) is 0 Å². The Kier molecular flexibility index (Phi) is 5.58. The molecule has 1 aromatic rings. The zero-order chi connectivity index (χ0) is 13.4. The van der Waals surface area contributed by atoms with E-state index in [0.29, 0.717) is 19.5 Å². The van der Waals surface area contributed by atoms with Gasteiger partial charge in [-0.15, -0.1) is 5.10 Å². The molecule has 9 heteroatoms. The van der Waals surface area contributed by atoms with Crippen molar-refractivity contribution < 1.29 is 19.8 Å². The Balaban J connectivity index is 2.15. The van der Waals surface area contributed by atoms with Gasteiger partial charge in [-0.2, -0.15) is 0 Å². The van der Waals surface area contributed by atoms with Crippen LogP contribution in [0.4, 0.5) is 4.79 Å². The summed E-state index contributed by atoms with van der Waals surface area (Å²) in [7, 11) is 0. The molecule has 0 radical (unpaired) electrons. The molecule has 0 aliphatic rings. The lowest BCUT2D eigenvalue weighted by atomic mass is 10.3. The van der Waals surface area contributed by atoms with E-state index in [2.05, 4.69) is 20.9 Å². The number of nitrogens with zero attached hydrogens (tertiary/aromatic N) is 3. The van der Waals surface area contributed by atoms with Crippen molar-refractivity contribution in [2.24, 2.45) is 0 Å². The van der Waals surface area contributed by atoms with Gasteiger partial charge in [-0.25, -0.2) is 9.59 Å². The monoisotopic (exact) mass is 257 g/mol. The lowest BCUT2D eigenvalue weighted by Gasteiger charge is -2.12. The zero-order valence-corrected chi connectivity index (χ0v) is 9.61. The minimum atomic E-state index is -1.29. The second-order valence-electron chi connectivity index (χ2n) is 3.49. The van der Waals surface area contributed by atoms with E-state index < -0.39 is 24.6 Å². The van der Waals surface area contributed by atoms with E-state index in [1.165, 1.54) is 0 Å². The van der Waals surface area contributed by atoms with Crippen molar-refractivity contribution in [2.45, 2.75) is 19.0 Å². The summed E-state index contributed by atoms with van der Waals surface area (Å²) in [5, 5.41) is 29.3. The van der Waals surface area contributed by atoms with Crippen molar-refractivity contribution in [1.29, 1.82) is 0 Å². The van der Waals surface area contributed by atoms with Gasteiger partial charge in [0.15, 0.2) is 6.04 Å². The standard InChI is InChI=1S/C9H15N5O4/c15-6-7(8(16)17)12-9(18)10-2-1-4-14-5-3-11-13-14/h3,5,7,15H,1-2,4,6H2,(H,16,17)(H2,10,12,18)/t7-/m0/s1. The fourth-order valence-corrected chi connectivity index (χ4v) is 1.19. The van der Waals surface area contributed by atoms with E-state index in [-0.39, 0.29) is 0 Å². The third-order valence-electron chi connectivity index (χ3n) is 2.11. The molecule has 0 aliphatic carbocycles. The average Bonchev–Trinajstić information content (AvgIpc) is 2.84. The number of carbonyl (C=O) groups is 2. The van der Waals surface area contributed by atoms with Crippen molar-refractivity contribution in [1.82, 2.24) is 25.6 Å². The van der Waals surface area contributed by atoms with Crippen LogP contribution in [0.15, 0.2) is 12.4 Å². The summed E-state index contributed by atoms with van der Waals surface area (Å²) >= 11 is 0. The van der Waals surface area contributed by atoms with Crippen molar-refractivity contribution in [2.75, 3.05) is 13.2 Å². The first-order chi connectivity index (χ1) is 8.63. The molecule has 0 fully saturated rings. The molecule has 0 aliphatic heterocycles. The number of urea groups is 1. The highest BCUT2D eigenvalue weighted by Gasteiger charge is 2.17. The third-order valence-corrected chi connectivity index (χ3v) is 2.11. The first-order valence-electron chi connectivity index (χ1n) is 5.35. The number of rotatable bonds is 7. The quantitative estimate of drug-likeness (QED) is 0.436. The largest absolute Gasteiger partial charge is 0.480 e. The van der Waals surface area contributed by atoms with E-state index in [1.54, 1.807) is 17.1 Å². The Hall–Kier alpha value is -2.16. The van der Waals surface area contributed by atoms with Crippen LogP contribution >= 0.6 is 0 Å². The molecular formula is C9H15N5O4. The summed E-state index contributed by atoms with van der Waals surface area (Å²) in [6.45, 7) is 0.313. The molecule has 4 N–H and O–H groups in total. The SMILES string of the molecule is O=C(NCCCn1ccnn1)N[C@@H](CO)C(=O)O. The molecule has 0 aromatic carbocycles. The molecule has 9 nitrogen and oxygen atoms in total. The van der Waals surface area contributed by atoms with Crippen molar-refractivity contribution in [3.05, 3.63) is 12.4 Å². The Labute approximate surface area is 103 Å². The number of carboxylic acids is 1. The molecule has 0 spiro atoms. The third kappa shape index (κ3) is 4.78. The van der Waals surface area contributed by atoms with Gasteiger partial charge in [0, 0.05) is 19.3 Å². The molecule has 1 heterocycles. The summed E-state index contributed by atoms with van der Waals surface area (Å²) < 4.78 is 1.62. The second kappa shape index (κ2) is 7.22. The zero-order valence-electron chi connectivity index (χ0n) is 9.61. The summed E-state index contributed by atoms with van der Waals surface area (Å²) in [5.74, 6) is -1.28. The van der Waals surface area contributed by atoms with Gasteiger partial charge in [0.25, 0.3) is 0 Å². The first-order valence-corrected chi connectivity index (χ1v) is 5.35. The predicted octanol–water partition coefficient (Wildman–Crippen LogP) is -1.59. The summed E-state index contributed by atoms with van der Waals surface area (Å²) in [6.07, 6.45) is 3.89. The number of hydrogen-bond acceptors (Lipinski definition) is 5. The Bertz CT molecular complexity index is 380. The second-order valence-corrected chi connectivity index (χ2v) is 3.49. The van der Waals surface area contributed by atoms with Crippen LogP contribution in [-0.2, 0) is 11.3 Å². The van der Waals surface area contributed by atoms with Gasteiger partial charge in [-0.1, -0.05) is 5.21 Å². The number of nitrogens with one attached hydrogen (secondary N) is 2. The predicted molar refractivity (Wildman–Crippen MR) is 59.7 cm³/mol. The molecule has 1 aromatic heterocycles. The summed E-state index contributed by atoms with van der Waals surface area (Å²) in [5.41, 5.74) is 0. The Morgan fingerprint density at radius 2 is 2.22 bits per heavy atom. The minimum Gasteiger partial charge on any atom is -0.480 e. The van der Waals surface area contributed by atoms with Crippen molar-refractivity contribution in [3.63, 3.8) is 0 Å². The van der Waals surface area contributed by atoms with Crippen LogP contribution in [0.2, 0.25) is 0 Å². The fraction of sp³-hybridized carbons (Fsp3) is 0.556. The molecule has 0 unspecified atom stereocenters. The molecule has 1 atom stereocenters. The smallest absolute Gasteiger partial charge is 0.328 e. The molecule has 2 amide bonds. The number of aliphatic hydroxyl groups is 1. The number of hydrogen-bond donors (Lipinski definition) is 4. The lowest BCUT2D eigenvalue weighted by molar-refractivity contribution is -0.140. The summed E-state index contributed by atoms with van der Waals surface area (Å²) in [4.78, 5) is 21.8. The van der Waals surface area contributed by atoms with E-state index in [4.69, 9.17) is 10.2 Å². The summed E-state index contributed by atoms with van der Waals surface area (Å²) in [6, 6.07) is -1.92. The van der Waals surface area contributed by atoms with Gasteiger partial charge in [-0.05, 0) is 6.42 Å². The highest BCUT2D eigenvalue weighted by molar-refractivity contribution is 5.82. The van der Waals surface area contributed by atoms with E-state index in [0.717, 1.165) is 0 Å². The maximum atomic E-state index is 11.2. The Morgan fingerprint density at radius 1 is 1.44 bits per heavy atom. The number of carboxylic acid groups (broad SMARTS) is 1. The van der Waals surface area contributed by atoms with Crippen molar-refractivity contribution >= 4 is 12.0 Å². The van der Waals surface area contributed by atoms with Crippen LogP contribution in [-0.4, -0.2) is 56.4 Å². The van der Waals surface area contributed by atoms with Crippen LogP contribution in [0.25, 0.3) is 0 Å². The molecule has 18 heavy (non-hydrogen) atoms. The van der Waals surface area contributed by atoms with Crippen LogP contribution < -0.4 is 10.6 Å². The topological polar surface area (TPSA) is 129 Å². The van der Waals surface area contributed by atoms with Gasteiger partial charge in [0.2, 0.25) is 0 Å². The fourth-order valence-electron chi connectivity index (χ4n) is 1.19. The van der Waals surface area contributed by atoms with E-state index in [1.807, 2.05) is 0 Å². The van der Waals surface area contributed by atoms with Crippen LogP contribution in [0.5, 0.6) is 0 Å². The minimum absolute atomic E-state index is 0.365. The molecule has 0 bridgehead atoms. The highest BCUT2D eigenvalue weighted by atomic mass is 16.4. The van der Waals surface area contributed by atoms with Gasteiger partial charge >= 0.3 is 12.0 Å². The number of aliphatic carboxylic acids is 1. The number of carbonyl (C=O) groups excluding carboxylic acids is 1. The molecule has 0 saturated heterocycles. The first kappa shape index (κ1) is 13.9. The molecule has 100 valence electrons. The maximum absolute atomic E-state index is 11.2. The van der Waals surface area contributed by atoms with Crippen LogP contribution in [0.3, 0.4) is 0 Å². The van der Waals surface area contributed by atoms with Gasteiger partial charge in [0.1, 0.15) is 0 Å². The normalized spacial score (nSPS) is 11.8. The number of aryl methyl sites for hydroxylation is 1. The Morgan fingerprint density at radius 3 is 2.78 bits per heavy atom. The number of aromatic nitrogens is 3. The number of aliphatic hydroxyl groups excluding tert-OH is 1.